The molecule has 13 heavy (non-hydrogen) atoms. The summed E-state index contributed by atoms with van der Waals surface area (Å²) in [7, 11) is 0. The summed E-state index contributed by atoms with van der Waals surface area (Å²) in [5.41, 5.74) is -0.487. The molecule has 1 aromatic heterocycles. The molecule has 0 radical (unpaired) electrons. The highest BCUT2D eigenvalue weighted by Crippen LogP contribution is 1.99. The molecule has 0 aliphatic heterocycles. The highest BCUT2D eigenvalue weighted by atomic mass is 35.5. The molecule has 0 saturated heterocycles. The van der Waals surface area contributed by atoms with Gasteiger partial charge in [-0.2, -0.15) is 4.98 Å². The van der Waals surface area contributed by atoms with Gasteiger partial charge in [0, 0.05) is 13.0 Å². The lowest BCUT2D eigenvalue weighted by molar-refractivity contribution is 0.284. The van der Waals surface area contributed by atoms with Crippen LogP contribution in [0.3, 0.4) is 0 Å². The molecule has 0 atom stereocenters. The van der Waals surface area contributed by atoms with Crippen molar-refractivity contribution in [1.82, 2.24) is 15.0 Å². The number of nitrogens with one attached hydrogen (secondary N) is 1. The van der Waals surface area contributed by atoms with Crippen molar-refractivity contribution in [2.75, 3.05) is 6.61 Å². The fourth-order valence-electron chi connectivity index (χ4n) is 0.922. The zero-order valence-electron chi connectivity index (χ0n) is 6.96. The van der Waals surface area contributed by atoms with E-state index in [1.54, 1.807) is 0 Å². The molecule has 0 aliphatic rings. The van der Waals surface area contributed by atoms with E-state index in [0.717, 1.165) is 6.42 Å². The monoisotopic (exact) mass is 203 g/mol. The molecule has 0 aliphatic carbocycles. The maximum atomic E-state index is 10.8. The lowest BCUT2D eigenvalue weighted by Gasteiger charge is -1.98. The average molecular weight is 204 g/mol. The van der Waals surface area contributed by atoms with Gasteiger partial charge in [0.1, 0.15) is 5.82 Å². The van der Waals surface area contributed by atoms with Crippen LogP contribution < -0.4 is 5.69 Å². The molecule has 0 unspecified atom stereocenters. The van der Waals surface area contributed by atoms with Gasteiger partial charge in [-0.3, -0.25) is 4.98 Å². The Kier molecular flexibility index (Phi) is 3.85. The molecule has 1 aromatic rings. The van der Waals surface area contributed by atoms with E-state index in [4.69, 9.17) is 16.7 Å². The summed E-state index contributed by atoms with van der Waals surface area (Å²) in [6.45, 7) is 0.142. The second kappa shape index (κ2) is 4.94. The Hall–Kier alpha value is -0.940. The maximum Gasteiger partial charge on any atom is 0.349 e. The molecule has 0 spiro atoms. The topological polar surface area (TPSA) is 78.9 Å². The number of nitrogens with zero attached hydrogens (tertiary/aromatic N) is 2. The van der Waals surface area contributed by atoms with E-state index >= 15 is 0 Å². The molecular formula is C7H10ClN3O2. The Balaban J connectivity index is 2.61. The Morgan fingerprint density at radius 1 is 1.38 bits per heavy atom. The van der Waals surface area contributed by atoms with Crippen LogP contribution in [-0.4, -0.2) is 26.7 Å². The first-order chi connectivity index (χ1) is 6.22. The Bertz CT molecular complexity index is 326. The number of aliphatic hydroxyl groups excluding tert-OH is 1. The zero-order chi connectivity index (χ0) is 9.68. The van der Waals surface area contributed by atoms with Gasteiger partial charge < -0.3 is 5.11 Å². The summed E-state index contributed by atoms with van der Waals surface area (Å²) in [5.74, 6) is 0.512. The van der Waals surface area contributed by atoms with Crippen molar-refractivity contribution in [2.24, 2.45) is 0 Å². The molecule has 72 valence electrons. The number of aromatic amines is 1. The van der Waals surface area contributed by atoms with Gasteiger partial charge in [0.15, 0.2) is 0 Å². The van der Waals surface area contributed by atoms with Crippen LogP contribution in [0.5, 0.6) is 0 Å². The van der Waals surface area contributed by atoms with Crippen LogP contribution in [0.4, 0.5) is 0 Å². The standard InChI is InChI=1S/C7H10ClN3O2/c8-6-9-5(3-1-2-4-12)10-7(13)11-6/h12H,1-4H2,(H,9,10,11,13). The van der Waals surface area contributed by atoms with Crippen molar-refractivity contribution < 1.29 is 5.11 Å². The Labute approximate surface area is 79.8 Å². The summed E-state index contributed by atoms with van der Waals surface area (Å²) in [6, 6.07) is 0. The van der Waals surface area contributed by atoms with Crippen LogP contribution in [0.2, 0.25) is 5.28 Å². The van der Waals surface area contributed by atoms with Crippen molar-refractivity contribution in [1.29, 1.82) is 0 Å². The molecule has 5 nitrogen and oxygen atoms in total. The average Bonchev–Trinajstić information content (AvgIpc) is 2.03. The summed E-state index contributed by atoms with van der Waals surface area (Å²) in [4.78, 5) is 20.4. The van der Waals surface area contributed by atoms with Crippen LogP contribution in [0, 0.1) is 0 Å². The fourth-order valence-corrected chi connectivity index (χ4v) is 1.10. The zero-order valence-corrected chi connectivity index (χ0v) is 7.71. The second-order valence-electron chi connectivity index (χ2n) is 2.55. The van der Waals surface area contributed by atoms with Crippen molar-refractivity contribution in [2.45, 2.75) is 19.3 Å². The van der Waals surface area contributed by atoms with E-state index in [2.05, 4.69) is 15.0 Å². The van der Waals surface area contributed by atoms with E-state index in [1.165, 1.54) is 0 Å². The molecule has 1 heterocycles. The SMILES string of the molecule is O=c1nc(Cl)nc(CCCCO)[nH]1. The smallest absolute Gasteiger partial charge is 0.349 e. The molecule has 0 bridgehead atoms. The van der Waals surface area contributed by atoms with Gasteiger partial charge in [0.25, 0.3) is 0 Å². The van der Waals surface area contributed by atoms with Crippen molar-refractivity contribution in [3.63, 3.8) is 0 Å². The first kappa shape index (κ1) is 10.1. The summed E-state index contributed by atoms with van der Waals surface area (Å²) in [6.07, 6.45) is 2.04. The first-order valence-corrected chi connectivity index (χ1v) is 4.34. The van der Waals surface area contributed by atoms with Gasteiger partial charge in [-0.15, -0.1) is 0 Å². The van der Waals surface area contributed by atoms with Gasteiger partial charge in [-0.05, 0) is 24.4 Å². The molecule has 6 heteroatoms. The minimum Gasteiger partial charge on any atom is -0.396 e. The van der Waals surface area contributed by atoms with Gasteiger partial charge >= 0.3 is 5.69 Å². The summed E-state index contributed by atoms with van der Waals surface area (Å²) < 4.78 is 0. The second-order valence-corrected chi connectivity index (χ2v) is 2.89. The number of aliphatic hydroxyl groups is 1. The van der Waals surface area contributed by atoms with E-state index in [1.807, 2.05) is 0 Å². The predicted octanol–water partition coefficient (Wildman–Crippen LogP) is 0.133. The highest BCUT2D eigenvalue weighted by Gasteiger charge is 1.99. The fraction of sp³-hybridized carbons (Fsp3) is 0.571. The van der Waals surface area contributed by atoms with E-state index in [9.17, 15) is 4.79 Å². The number of hydrogen-bond acceptors (Lipinski definition) is 4. The lowest BCUT2D eigenvalue weighted by atomic mass is 10.2. The number of aromatic nitrogens is 3. The number of aryl methyl sites for hydroxylation is 1. The van der Waals surface area contributed by atoms with E-state index in [-0.39, 0.29) is 11.9 Å². The van der Waals surface area contributed by atoms with Crippen LogP contribution >= 0.6 is 11.6 Å². The molecule has 0 amide bonds. The highest BCUT2D eigenvalue weighted by molar-refractivity contribution is 6.28. The molecule has 1 rings (SSSR count). The predicted molar refractivity (Wildman–Crippen MR) is 47.7 cm³/mol. The quantitative estimate of drug-likeness (QED) is 0.682. The number of unbranched alkanes of at least 4 members (excludes halogenated alkanes) is 1. The first-order valence-electron chi connectivity index (χ1n) is 3.96. The normalized spacial score (nSPS) is 10.3. The van der Waals surface area contributed by atoms with Crippen LogP contribution in [-0.2, 0) is 6.42 Å². The van der Waals surface area contributed by atoms with Gasteiger partial charge in [0.2, 0.25) is 5.28 Å². The van der Waals surface area contributed by atoms with Crippen molar-refractivity contribution >= 4 is 11.6 Å². The van der Waals surface area contributed by atoms with E-state index < -0.39 is 5.69 Å². The largest absolute Gasteiger partial charge is 0.396 e. The number of hydrogen-bond donors (Lipinski definition) is 2. The van der Waals surface area contributed by atoms with Crippen molar-refractivity contribution in [3.8, 4) is 0 Å². The van der Waals surface area contributed by atoms with Crippen molar-refractivity contribution in [3.05, 3.63) is 21.6 Å². The molecule has 0 fully saturated rings. The van der Waals surface area contributed by atoms with Crippen LogP contribution in [0.25, 0.3) is 0 Å². The van der Waals surface area contributed by atoms with Gasteiger partial charge in [0.05, 0.1) is 0 Å². The number of halogens is 1. The van der Waals surface area contributed by atoms with E-state index in [0.29, 0.717) is 18.7 Å². The molecule has 0 saturated carbocycles. The third kappa shape index (κ3) is 3.52. The van der Waals surface area contributed by atoms with Crippen LogP contribution in [0.1, 0.15) is 18.7 Å². The minimum atomic E-state index is -0.487. The summed E-state index contributed by atoms with van der Waals surface area (Å²) >= 11 is 5.47. The van der Waals surface area contributed by atoms with Gasteiger partial charge in [-0.1, -0.05) is 0 Å². The van der Waals surface area contributed by atoms with Crippen LogP contribution in [0.15, 0.2) is 4.79 Å². The minimum absolute atomic E-state index is 0.0391. The molecule has 0 aromatic carbocycles. The lowest BCUT2D eigenvalue weighted by Crippen LogP contribution is -2.15. The molecular weight excluding hydrogens is 194 g/mol. The van der Waals surface area contributed by atoms with Gasteiger partial charge in [-0.25, -0.2) is 9.78 Å². The Morgan fingerprint density at radius 2 is 2.15 bits per heavy atom. The number of H-pyrrole nitrogens is 1. The summed E-state index contributed by atoms with van der Waals surface area (Å²) in [5, 5.41) is 8.48. The number of rotatable bonds is 4. The Morgan fingerprint density at radius 3 is 2.77 bits per heavy atom. The molecule has 2 N–H and O–H groups in total. The third-order valence-corrected chi connectivity index (χ3v) is 1.66. The third-order valence-electron chi connectivity index (χ3n) is 1.49. The maximum absolute atomic E-state index is 10.8.